The van der Waals surface area contributed by atoms with Crippen LogP contribution in [0.4, 0.5) is 17.1 Å². The fourth-order valence-corrected chi connectivity index (χ4v) is 2.82. The van der Waals surface area contributed by atoms with Gasteiger partial charge in [-0.2, -0.15) is 15.5 Å². The average Bonchev–Trinajstić information content (AvgIpc) is 3.26. The molecule has 13 heteroatoms. The van der Waals surface area contributed by atoms with E-state index in [0.29, 0.717) is 5.69 Å². The van der Waals surface area contributed by atoms with Crippen molar-refractivity contribution in [3.05, 3.63) is 73.3 Å². The van der Waals surface area contributed by atoms with Crippen molar-refractivity contribution in [1.29, 1.82) is 5.26 Å². The summed E-state index contributed by atoms with van der Waals surface area (Å²) in [5, 5.41) is 41.8. The zero-order valence-corrected chi connectivity index (χ0v) is 15.8. The molecule has 1 aromatic carbocycles. The van der Waals surface area contributed by atoms with Gasteiger partial charge in [-0.15, -0.1) is 0 Å². The Kier molecular flexibility index (Phi) is 5.23. The molecule has 0 saturated heterocycles. The molecule has 3 aromatic rings. The molecule has 0 saturated carbocycles. The van der Waals surface area contributed by atoms with Crippen molar-refractivity contribution in [2.45, 2.75) is 20.5 Å². The van der Waals surface area contributed by atoms with Crippen LogP contribution in [0, 0.1) is 45.4 Å². The van der Waals surface area contributed by atoms with Gasteiger partial charge < -0.3 is 5.32 Å². The van der Waals surface area contributed by atoms with Crippen LogP contribution in [0.1, 0.15) is 27.4 Å². The Morgan fingerprint density at radius 2 is 1.93 bits per heavy atom. The quantitative estimate of drug-likeness (QED) is 0.475. The number of nitrogens with one attached hydrogen (secondary N) is 1. The Hall–Kier alpha value is -4.60. The van der Waals surface area contributed by atoms with Crippen molar-refractivity contribution in [1.82, 2.24) is 19.6 Å². The highest BCUT2D eigenvalue weighted by atomic mass is 16.6. The molecule has 0 spiro atoms. The summed E-state index contributed by atoms with van der Waals surface area (Å²) in [7, 11) is 0. The molecule has 0 bridgehead atoms. The monoisotopic (exact) mass is 410 g/mol. The number of amides is 1. The van der Waals surface area contributed by atoms with Crippen LogP contribution in [0.3, 0.4) is 0 Å². The minimum absolute atomic E-state index is 0.0215. The van der Waals surface area contributed by atoms with E-state index in [1.165, 1.54) is 40.7 Å². The van der Waals surface area contributed by atoms with E-state index in [1.807, 2.05) is 0 Å². The first kappa shape index (κ1) is 20.1. The minimum atomic E-state index is -0.641. The van der Waals surface area contributed by atoms with Gasteiger partial charge in [0, 0.05) is 18.3 Å². The number of aromatic nitrogens is 4. The molecule has 13 nitrogen and oxygen atoms in total. The largest absolute Gasteiger partial charge is 0.319 e. The standard InChI is InChI=1S/C17H14N8O5/c1-10-16(25(29)30)11(2)23(20-10)9-22-6-5-15(21-22)17(26)19-14-4-3-13(24(27)28)7-12(14)8-18/h3-7H,9H2,1-2H3,(H,19,26). The predicted octanol–water partition coefficient (Wildman–Crippen LogP) is 2.14. The number of hydrogen-bond donors (Lipinski definition) is 1. The number of hydrogen-bond acceptors (Lipinski definition) is 8. The molecule has 2 aromatic heterocycles. The highest BCUT2D eigenvalue weighted by Crippen LogP contribution is 2.23. The van der Waals surface area contributed by atoms with E-state index in [0.717, 1.165) is 6.07 Å². The second-order valence-corrected chi connectivity index (χ2v) is 6.21. The second kappa shape index (κ2) is 7.80. The lowest BCUT2D eigenvalue weighted by molar-refractivity contribution is -0.386. The number of anilines is 1. The third kappa shape index (κ3) is 3.83. The first-order valence-corrected chi connectivity index (χ1v) is 8.43. The fourth-order valence-electron chi connectivity index (χ4n) is 2.82. The summed E-state index contributed by atoms with van der Waals surface area (Å²) in [4.78, 5) is 33.2. The van der Waals surface area contributed by atoms with Gasteiger partial charge in [0.25, 0.3) is 11.6 Å². The van der Waals surface area contributed by atoms with Crippen LogP contribution in [-0.2, 0) is 6.67 Å². The minimum Gasteiger partial charge on any atom is -0.319 e. The molecule has 3 rings (SSSR count). The normalized spacial score (nSPS) is 10.4. The number of non-ortho nitro benzene ring substituents is 1. The van der Waals surface area contributed by atoms with Crippen LogP contribution < -0.4 is 5.32 Å². The maximum Gasteiger partial charge on any atom is 0.312 e. The highest BCUT2D eigenvalue weighted by molar-refractivity contribution is 6.03. The van der Waals surface area contributed by atoms with E-state index < -0.39 is 15.8 Å². The van der Waals surface area contributed by atoms with Crippen LogP contribution >= 0.6 is 0 Å². The van der Waals surface area contributed by atoms with Gasteiger partial charge >= 0.3 is 5.69 Å². The lowest BCUT2D eigenvalue weighted by Gasteiger charge is -2.06. The smallest absolute Gasteiger partial charge is 0.312 e. The van der Waals surface area contributed by atoms with Crippen molar-refractivity contribution in [2.24, 2.45) is 0 Å². The number of nitro benzene ring substituents is 1. The van der Waals surface area contributed by atoms with Crippen LogP contribution in [0.2, 0.25) is 0 Å². The number of nitro groups is 2. The number of nitriles is 1. The van der Waals surface area contributed by atoms with Gasteiger partial charge in [0.05, 0.1) is 21.1 Å². The summed E-state index contributed by atoms with van der Waals surface area (Å²) in [5.74, 6) is -0.626. The SMILES string of the molecule is Cc1nn(Cn2ccc(C(=O)Nc3ccc([N+](=O)[O-])cc3C#N)n2)c(C)c1[N+](=O)[O-]. The number of benzene rings is 1. The molecule has 0 fully saturated rings. The molecule has 1 N–H and O–H groups in total. The number of carbonyl (C=O) groups is 1. The third-order valence-corrected chi connectivity index (χ3v) is 4.26. The summed E-state index contributed by atoms with van der Waals surface area (Å²) in [6.07, 6.45) is 1.50. The van der Waals surface area contributed by atoms with Gasteiger partial charge in [0.2, 0.25) is 0 Å². The van der Waals surface area contributed by atoms with Crippen molar-refractivity contribution in [2.75, 3.05) is 5.32 Å². The molecule has 0 radical (unpaired) electrons. The molecule has 0 aliphatic rings. The van der Waals surface area contributed by atoms with Crippen LogP contribution in [0.5, 0.6) is 0 Å². The van der Waals surface area contributed by atoms with E-state index in [1.54, 1.807) is 13.0 Å². The van der Waals surface area contributed by atoms with E-state index >= 15 is 0 Å². The van der Waals surface area contributed by atoms with Gasteiger partial charge in [-0.05, 0) is 26.0 Å². The molecule has 2 heterocycles. The Labute approximate surface area is 168 Å². The summed E-state index contributed by atoms with van der Waals surface area (Å²) in [6, 6.07) is 6.72. The van der Waals surface area contributed by atoms with Gasteiger partial charge in [-0.25, -0.2) is 4.68 Å². The number of aryl methyl sites for hydroxylation is 1. The Morgan fingerprint density at radius 3 is 2.53 bits per heavy atom. The molecular weight excluding hydrogens is 396 g/mol. The zero-order valence-electron chi connectivity index (χ0n) is 15.8. The molecular formula is C17H14N8O5. The Bertz CT molecular complexity index is 1220. The number of carbonyl (C=O) groups excluding carboxylic acids is 1. The lowest BCUT2D eigenvalue weighted by Crippen LogP contribution is -2.16. The fraction of sp³-hybridized carbons (Fsp3) is 0.176. The molecule has 1 amide bonds. The maximum atomic E-state index is 12.4. The van der Waals surface area contributed by atoms with Crippen LogP contribution in [-0.4, -0.2) is 35.3 Å². The van der Waals surface area contributed by atoms with Crippen molar-refractivity contribution in [3.63, 3.8) is 0 Å². The maximum absolute atomic E-state index is 12.4. The van der Waals surface area contributed by atoms with Gasteiger partial charge in [0.1, 0.15) is 24.1 Å². The molecule has 0 unspecified atom stereocenters. The molecule has 0 aliphatic heterocycles. The van der Waals surface area contributed by atoms with Gasteiger partial charge in [-0.1, -0.05) is 0 Å². The number of rotatable bonds is 6. The molecule has 152 valence electrons. The summed E-state index contributed by atoms with van der Waals surface area (Å²) < 4.78 is 2.77. The first-order valence-electron chi connectivity index (χ1n) is 8.43. The molecule has 0 atom stereocenters. The van der Waals surface area contributed by atoms with E-state index in [2.05, 4.69) is 15.5 Å². The van der Waals surface area contributed by atoms with Crippen molar-refractivity contribution in [3.8, 4) is 6.07 Å². The second-order valence-electron chi connectivity index (χ2n) is 6.21. The summed E-state index contributed by atoms with van der Waals surface area (Å²) in [5.41, 5.74) is 0.334. The lowest BCUT2D eigenvalue weighted by atomic mass is 10.1. The van der Waals surface area contributed by atoms with E-state index in [-0.39, 0.29) is 40.7 Å². The highest BCUT2D eigenvalue weighted by Gasteiger charge is 2.22. The molecule has 0 aliphatic carbocycles. The van der Waals surface area contributed by atoms with Gasteiger partial charge in [0.15, 0.2) is 5.69 Å². The zero-order chi connectivity index (χ0) is 22.0. The predicted molar refractivity (Wildman–Crippen MR) is 102 cm³/mol. The number of nitrogens with zero attached hydrogens (tertiary/aromatic N) is 7. The van der Waals surface area contributed by atoms with E-state index in [9.17, 15) is 25.0 Å². The summed E-state index contributed by atoms with van der Waals surface area (Å²) in [6.45, 7) is 3.14. The molecule has 30 heavy (non-hydrogen) atoms. The summed E-state index contributed by atoms with van der Waals surface area (Å²) >= 11 is 0. The van der Waals surface area contributed by atoms with Crippen LogP contribution in [0.15, 0.2) is 30.5 Å². The average molecular weight is 410 g/mol. The Morgan fingerprint density at radius 1 is 1.20 bits per heavy atom. The van der Waals surface area contributed by atoms with Gasteiger partial charge in [-0.3, -0.25) is 29.7 Å². The topological polar surface area (TPSA) is 175 Å². The third-order valence-electron chi connectivity index (χ3n) is 4.26. The first-order chi connectivity index (χ1) is 14.2. The van der Waals surface area contributed by atoms with Crippen LogP contribution in [0.25, 0.3) is 0 Å². The van der Waals surface area contributed by atoms with Crippen molar-refractivity contribution >= 4 is 23.0 Å². The Balaban J connectivity index is 1.78. The van der Waals surface area contributed by atoms with E-state index in [4.69, 9.17) is 5.26 Å². The van der Waals surface area contributed by atoms with Crippen molar-refractivity contribution < 1.29 is 14.6 Å².